The van der Waals surface area contributed by atoms with Crippen LogP contribution in [0.15, 0.2) is 30.2 Å². The van der Waals surface area contributed by atoms with Crippen LogP contribution in [-0.4, -0.2) is 42.9 Å². The van der Waals surface area contributed by atoms with Crippen molar-refractivity contribution in [3.8, 4) is 0 Å². The average Bonchev–Trinajstić information content (AvgIpc) is 3.10. The zero-order valence-corrected chi connectivity index (χ0v) is 12.7. The number of thiophene rings is 1. The summed E-state index contributed by atoms with van der Waals surface area (Å²) < 4.78 is 11.7. The normalized spacial score (nSPS) is 30.3. The van der Waals surface area contributed by atoms with Crippen LogP contribution in [0.5, 0.6) is 0 Å². The summed E-state index contributed by atoms with van der Waals surface area (Å²) in [5.74, 6) is 0. The molecule has 1 aromatic rings. The molecular weight excluding hydrogens is 270 g/mol. The molecule has 2 saturated heterocycles. The average molecular weight is 293 g/mol. The minimum Gasteiger partial charge on any atom is -0.375 e. The third-order valence-electron chi connectivity index (χ3n) is 4.23. The Morgan fingerprint density at radius 2 is 2.40 bits per heavy atom. The van der Waals surface area contributed by atoms with Crippen molar-refractivity contribution in [3.63, 3.8) is 0 Å². The lowest BCUT2D eigenvalue weighted by molar-refractivity contribution is -0.0971. The topological polar surface area (TPSA) is 21.7 Å². The van der Waals surface area contributed by atoms with Crippen molar-refractivity contribution in [1.29, 1.82) is 0 Å². The van der Waals surface area contributed by atoms with E-state index in [-0.39, 0.29) is 6.10 Å². The fraction of sp³-hybridized carbons (Fsp3) is 0.625. The molecule has 4 heteroatoms. The SMILES string of the molecule is C=CCOC[C@H]1CC[C@@H]2[C@@H](CCN2Cc2cccs2)O1. The van der Waals surface area contributed by atoms with Gasteiger partial charge in [0.25, 0.3) is 0 Å². The first-order valence-corrected chi connectivity index (χ1v) is 8.35. The highest BCUT2D eigenvalue weighted by atomic mass is 32.1. The molecule has 2 aliphatic rings. The van der Waals surface area contributed by atoms with E-state index in [2.05, 4.69) is 29.0 Å². The molecule has 3 rings (SSSR count). The number of rotatable bonds is 6. The van der Waals surface area contributed by atoms with E-state index in [0.717, 1.165) is 25.9 Å². The molecule has 0 saturated carbocycles. The number of nitrogens with zero attached hydrogens (tertiary/aromatic N) is 1. The van der Waals surface area contributed by atoms with Crippen molar-refractivity contribution in [1.82, 2.24) is 4.90 Å². The molecule has 0 bridgehead atoms. The van der Waals surface area contributed by atoms with Crippen molar-refractivity contribution in [2.45, 2.75) is 44.1 Å². The van der Waals surface area contributed by atoms with E-state index in [1.165, 1.54) is 11.3 Å². The Hall–Kier alpha value is -0.680. The second kappa shape index (κ2) is 6.85. The van der Waals surface area contributed by atoms with E-state index in [1.54, 1.807) is 6.08 Å². The van der Waals surface area contributed by atoms with Gasteiger partial charge in [-0.05, 0) is 30.7 Å². The molecule has 0 radical (unpaired) electrons. The van der Waals surface area contributed by atoms with Crippen LogP contribution in [0.1, 0.15) is 24.1 Å². The largest absolute Gasteiger partial charge is 0.375 e. The van der Waals surface area contributed by atoms with E-state index in [9.17, 15) is 0 Å². The van der Waals surface area contributed by atoms with Gasteiger partial charge in [0.1, 0.15) is 0 Å². The number of hydrogen-bond donors (Lipinski definition) is 0. The van der Waals surface area contributed by atoms with Gasteiger partial charge in [-0.3, -0.25) is 4.90 Å². The predicted molar refractivity (Wildman–Crippen MR) is 82.0 cm³/mol. The maximum Gasteiger partial charge on any atom is 0.0813 e. The van der Waals surface area contributed by atoms with Crippen LogP contribution >= 0.6 is 11.3 Å². The van der Waals surface area contributed by atoms with Gasteiger partial charge in [0, 0.05) is 24.0 Å². The van der Waals surface area contributed by atoms with Crippen molar-refractivity contribution < 1.29 is 9.47 Å². The molecule has 0 N–H and O–H groups in total. The fourth-order valence-corrected chi connectivity index (χ4v) is 4.02. The van der Waals surface area contributed by atoms with Gasteiger partial charge in [0.15, 0.2) is 0 Å². The Balaban J connectivity index is 1.50. The van der Waals surface area contributed by atoms with Crippen molar-refractivity contribution >= 4 is 11.3 Å². The number of fused-ring (bicyclic) bond motifs is 1. The fourth-order valence-electron chi connectivity index (χ4n) is 3.29. The van der Waals surface area contributed by atoms with Gasteiger partial charge in [-0.2, -0.15) is 0 Å². The molecule has 3 atom stereocenters. The summed E-state index contributed by atoms with van der Waals surface area (Å²) in [5, 5.41) is 2.16. The number of hydrogen-bond acceptors (Lipinski definition) is 4. The lowest BCUT2D eigenvalue weighted by atomic mass is 9.99. The standard InChI is InChI=1S/C16H23NO2S/c1-2-9-18-12-13-5-6-15-16(19-13)7-8-17(15)11-14-4-3-10-20-14/h2-4,10,13,15-16H,1,5-9,11-12H2/t13-,15-,16-/m1/s1. The summed E-state index contributed by atoms with van der Waals surface area (Å²) in [6.07, 6.45) is 5.98. The zero-order chi connectivity index (χ0) is 13.8. The molecule has 0 amide bonds. The molecule has 2 fully saturated rings. The van der Waals surface area contributed by atoms with Gasteiger partial charge in [-0.1, -0.05) is 12.1 Å². The van der Waals surface area contributed by atoms with Gasteiger partial charge in [-0.25, -0.2) is 0 Å². The van der Waals surface area contributed by atoms with Gasteiger partial charge >= 0.3 is 0 Å². The summed E-state index contributed by atoms with van der Waals surface area (Å²) in [7, 11) is 0. The highest BCUT2D eigenvalue weighted by Gasteiger charge is 2.39. The summed E-state index contributed by atoms with van der Waals surface area (Å²) in [4.78, 5) is 4.05. The molecule has 20 heavy (non-hydrogen) atoms. The molecule has 3 nitrogen and oxygen atoms in total. The first-order valence-electron chi connectivity index (χ1n) is 7.47. The first kappa shape index (κ1) is 14.3. The number of ether oxygens (including phenoxy) is 2. The number of likely N-dealkylation sites (tertiary alicyclic amines) is 1. The van der Waals surface area contributed by atoms with Crippen molar-refractivity contribution in [3.05, 3.63) is 35.0 Å². The van der Waals surface area contributed by atoms with Crippen molar-refractivity contribution in [2.24, 2.45) is 0 Å². The van der Waals surface area contributed by atoms with Crippen LogP contribution in [0.3, 0.4) is 0 Å². The van der Waals surface area contributed by atoms with Gasteiger partial charge < -0.3 is 9.47 Å². The molecule has 0 spiro atoms. The van der Waals surface area contributed by atoms with Crippen molar-refractivity contribution in [2.75, 3.05) is 19.8 Å². The second-order valence-electron chi connectivity index (χ2n) is 5.61. The van der Waals surface area contributed by atoms with E-state index < -0.39 is 0 Å². The molecular formula is C16H23NO2S. The lowest BCUT2D eigenvalue weighted by Gasteiger charge is -2.35. The minimum atomic E-state index is 0.276. The van der Waals surface area contributed by atoms with Crippen LogP contribution < -0.4 is 0 Å². The molecule has 3 heterocycles. The van der Waals surface area contributed by atoms with Crippen LogP contribution in [0.2, 0.25) is 0 Å². The summed E-state index contributed by atoms with van der Waals surface area (Å²) in [5.41, 5.74) is 0. The van der Waals surface area contributed by atoms with Crippen LogP contribution in [-0.2, 0) is 16.0 Å². The second-order valence-corrected chi connectivity index (χ2v) is 6.64. The van der Waals surface area contributed by atoms with Gasteiger partial charge in [0.05, 0.1) is 25.4 Å². The van der Waals surface area contributed by atoms with Gasteiger partial charge in [-0.15, -0.1) is 17.9 Å². The third kappa shape index (κ3) is 3.31. The Morgan fingerprint density at radius 3 is 3.20 bits per heavy atom. The maximum absolute atomic E-state index is 6.21. The van der Waals surface area contributed by atoms with E-state index in [0.29, 0.717) is 25.4 Å². The molecule has 0 aliphatic carbocycles. The maximum atomic E-state index is 6.21. The summed E-state index contributed by atoms with van der Waals surface area (Å²) in [6.45, 7) is 7.25. The third-order valence-corrected chi connectivity index (χ3v) is 5.09. The lowest BCUT2D eigenvalue weighted by Crippen LogP contribution is -2.43. The van der Waals surface area contributed by atoms with Gasteiger partial charge in [0.2, 0.25) is 0 Å². The van der Waals surface area contributed by atoms with Crippen LogP contribution in [0.4, 0.5) is 0 Å². The highest BCUT2D eigenvalue weighted by Crippen LogP contribution is 2.33. The Morgan fingerprint density at radius 1 is 1.45 bits per heavy atom. The predicted octanol–water partition coefficient (Wildman–Crippen LogP) is 3.07. The summed E-state index contributed by atoms with van der Waals surface area (Å²) >= 11 is 1.85. The smallest absolute Gasteiger partial charge is 0.0813 e. The monoisotopic (exact) mass is 293 g/mol. The molecule has 2 aliphatic heterocycles. The molecule has 1 aromatic heterocycles. The Labute approximate surface area is 125 Å². The van der Waals surface area contributed by atoms with E-state index in [1.807, 2.05) is 11.3 Å². The zero-order valence-electron chi connectivity index (χ0n) is 11.9. The van der Waals surface area contributed by atoms with Crippen LogP contribution in [0, 0.1) is 0 Å². The molecule has 0 aromatic carbocycles. The highest BCUT2D eigenvalue weighted by molar-refractivity contribution is 7.09. The molecule has 0 unspecified atom stereocenters. The first-order chi connectivity index (χ1) is 9.86. The van der Waals surface area contributed by atoms with E-state index >= 15 is 0 Å². The molecule has 110 valence electrons. The quantitative estimate of drug-likeness (QED) is 0.594. The summed E-state index contributed by atoms with van der Waals surface area (Å²) in [6, 6.07) is 4.97. The minimum absolute atomic E-state index is 0.276. The van der Waals surface area contributed by atoms with E-state index in [4.69, 9.17) is 9.47 Å². The van der Waals surface area contributed by atoms with Crippen LogP contribution in [0.25, 0.3) is 0 Å². The Bertz CT molecular complexity index is 420. The Kier molecular flexibility index (Phi) is 4.89.